The molecule has 0 spiro atoms. The van der Waals surface area contributed by atoms with Crippen LogP contribution in [0.2, 0.25) is 0 Å². The van der Waals surface area contributed by atoms with Gasteiger partial charge in [-0.15, -0.1) is 0 Å². The molecular formula is C13H18FNO3. The summed E-state index contributed by atoms with van der Waals surface area (Å²) >= 11 is 0. The molecule has 2 atom stereocenters. The van der Waals surface area contributed by atoms with E-state index in [0.717, 1.165) is 18.7 Å². The summed E-state index contributed by atoms with van der Waals surface area (Å²) in [6.07, 6.45) is 0.105. The highest BCUT2D eigenvalue weighted by atomic mass is 19.1. The lowest BCUT2D eigenvalue weighted by atomic mass is 10.2. The minimum absolute atomic E-state index is 0.0527. The van der Waals surface area contributed by atoms with Gasteiger partial charge in [-0.3, -0.25) is 4.90 Å². The molecule has 2 rings (SSSR count). The minimum Gasteiger partial charge on any atom is -0.505 e. The molecule has 0 bridgehead atoms. The van der Waals surface area contributed by atoms with Gasteiger partial charge in [-0.2, -0.15) is 0 Å². The van der Waals surface area contributed by atoms with E-state index in [-0.39, 0.29) is 18.0 Å². The van der Waals surface area contributed by atoms with Crippen LogP contribution in [0.3, 0.4) is 0 Å². The van der Waals surface area contributed by atoms with Crippen LogP contribution in [0, 0.1) is 5.82 Å². The maximum Gasteiger partial charge on any atom is 0.165 e. The molecule has 1 aliphatic rings. The number of aromatic hydroxyl groups is 1. The molecule has 1 aromatic rings. The Morgan fingerprint density at radius 2 is 1.89 bits per heavy atom. The van der Waals surface area contributed by atoms with Gasteiger partial charge in [0.25, 0.3) is 0 Å². The molecule has 0 radical (unpaired) electrons. The smallest absolute Gasteiger partial charge is 0.165 e. The van der Waals surface area contributed by atoms with Crippen molar-refractivity contribution < 1.29 is 19.0 Å². The molecule has 0 amide bonds. The third-order valence-corrected chi connectivity index (χ3v) is 3.31. The van der Waals surface area contributed by atoms with Crippen molar-refractivity contribution in [1.82, 2.24) is 4.90 Å². The van der Waals surface area contributed by atoms with E-state index in [9.17, 15) is 4.39 Å². The third-order valence-electron chi connectivity index (χ3n) is 3.31. The molecule has 5 heteroatoms. The van der Waals surface area contributed by atoms with Crippen LogP contribution in [-0.2, 0) is 16.0 Å². The molecule has 0 aliphatic carbocycles. The van der Waals surface area contributed by atoms with Gasteiger partial charge in [-0.1, -0.05) is 6.07 Å². The van der Waals surface area contributed by atoms with Gasteiger partial charge in [-0.05, 0) is 17.7 Å². The van der Waals surface area contributed by atoms with Crippen molar-refractivity contribution in [3.05, 3.63) is 29.6 Å². The van der Waals surface area contributed by atoms with E-state index in [0.29, 0.717) is 6.54 Å². The predicted molar refractivity (Wildman–Crippen MR) is 64.9 cm³/mol. The summed E-state index contributed by atoms with van der Waals surface area (Å²) < 4.78 is 23.9. The van der Waals surface area contributed by atoms with Crippen molar-refractivity contribution in [2.45, 2.75) is 18.8 Å². The van der Waals surface area contributed by atoms with Gasteiger partial charge in [0.2, 0.25) is 0 Å². The number of halogens is 1. The second kappa shape index (κ2) is 5.65. The zero-order valence-corrected chi connectivity index (χ0v) is 10.6. The van der Waals surface area contributed by atoms with Gasteiger partial charge in [0.1, 0.15) is 0 Å². The highest BCUT2D eigenvalue weighted by Gasteiger charge is 2.32. The van der Waals surface area contributed by atoms with Crippen LogP contribution in [0.25, 0.3) is 0 Å². The molecule has 18 heavy (non-hydrogen) atoms. The van der Waals surface area contributed by atoms with Crippen LogP contribution in [0.1, 0.15) is 5.56 Å². The Balaban J connectivity index is 2.00. The summed E-state index contributed by atoms with van der Waals surface area (Å²) in [6.45, 7) is 2.14. The molecule has 2 unspecified atom stereocenters. The largest absolute Gasteiger partial charge is 0.505 e. The van der Waals surface area contributed by atoms with Gasteiger partial charge in [-0.25, -0.2) is 4.39 Å². The van der Waals surface area contributed by atoms with Crippen molar-refractivity contribution in [1.29, 1.82) is 0 Å². The summed E-state index contributed by atoms with van der Waals surface area (Å²) in [5.41, 5.74) is 0.830. The third kappa shape index (κ3) is 2.80. The number of methoxy groups -OCH3 is 2. The van der Waals surface area contributed by atoms with Crippen LogP contribution in [0.5, 0.6) is 5.75 Å². The van der Waals surface area contributed by atoms with E-state index in [2.05, 4.69) is 4.90 Å². The average molecular weight is 255 g/mol. The average Bonchev–Trinajstić information content (AvgIpc) is 2.76. The molecule has 1 fully saturated rings. The number of hydrogen-bond donors (Lipinski definition) is 1. The highest BCUT2D eigenvalue weighted by Crippen LogP contribution is 2.21. The van der Waals surface area contributed by atoms with Gasteiger partial charge < -0.3 is 14.6 Å². The Bertz CT molecular complexity index is 401. The molecule has 1 heterocycles. The van der Waals surface area contributed by atoms with Crippen molar-refractivity contribution in [2.24, 2.45) is 0 Å². The molecule has 1 aromatic carbocycles. The summed E-state index contributed by atoms with van der Waals surface area (Å²) in [5.74, 6) is -0.900. The molecule has 100 valence electrons. The molecule has 0 aromatic heterocycles. The SMILES string of the molecule is COC1CN(Cc2ccc(O)c(F)c2)CC1OC. The maximum atomic E-state index is 13.2. The first-order chi connectivity index (χ1) is 8.63. The Kier molecular flexibility index (Phi) is 4.16. The standard InChI is InChI=1S/C13H18FNO3/c1-17-12-7-15(8-13(12)18-2)6-9-3-4-11(16)10(14)5-9/h3-5,12-13,16H,6-8H2,1-2H3. The second-order valence-corrected chi connectivity index (χ2v) is 4.53. The lowest BCUT2D eigenvalue weighted by molar-refractivity contribution is -0.00461. The van der Waals surface area contributed by atoms with Crippen LogP contribution in [-0.4, -0.2) is 49.5 Å². The number of hydrogen-bond acceptors (Lipinski definition) is 4. The van der Waals surface area contributed by atoms with Crippen molar-refractivity contribution >= 4 is 0 Å². The number of phenolic OH excluding ortho intramolecular Hbond substituents is 1. The fourth-order valence-corrected chi connectivity index (χ4v) is 2.31. The first-order valence-corrected chi connectivity index (χ1v) is 5.89. The first-order valence-electron chi connectivity index (χ1n) is 5.89. The first kappa shape index (κ1) is 13.3. The summed E-state index contributed by atoms with van der Waals surface area (Å²) in [7, 11) is 3.33. The maximum absolute atomic E-state index is 13.2. The van der Waals surface area contributed by atoms with E-state index >= 15 is 0 Å². The topological polar surface area (TPSA) is 41.9 Å². The zero-order chi connectivity index (χ0) is 13.1. The monoisotopic (exact) mass is 255 g/mol. The van der Waals surface area contributed by atoms with Crippen molar-refractivity contribution in [3.63, 3.8) is 0 Å². The Morgan fingerprint density at radius 1 is 1.28 bits per heavy atom. The minimum atomic E-state index is -0.585. The number of benzene rings is 1. The van der Waals surface area contributed by atoms with Gasteiger partial charge in [0, 0.05) is 33.9 Å². The van der Waals surface area contributed by atoms with Crippen molar-refractivity contribution in [2.75, 3.05) is 27.3 Å². The Morgan fingerprint density at radius 3 is 2.39 bits per heavy atom. The molecular weight excluding hydrogens is 237 g/mol. The second-order valence-electron chi connectivity index (χ2n) is 4.53. The Hall–Kier alpha value is -1.17. The normalized spacial score (nSPS) is 24.6. The van der Waals surface area contributed by atoms with Crippen LogP contribution < -0.4 is 0 Å². The highest BCUT2D eigenvalue weighted by molar-refractivity contribution is 5.28. The van der Waals surface area contributed by atoms with Gasteiger partial charge in [0.05, 0.1) is 12.2 Å². The van der Waals surface area contributed by atoms with Crippen LogP contribution in [0.4, 0.5) is 4.39 Å². The zero-order valence-electron chi connectivity index (χ0n) is 10.6. The summed E-state index contributed by atoms with van der Waals surface area (Å²) in [4.78, 5) is 2.15. The van der Waals surface area contributed by atoms with Crippen LogP contribution >= 0.6 is 0 Å². The summed E-state index contributed by atoms with van der Waals surface area (Å²) in [5, 5.41) is 9.14. The lowest BCUT2D eigenvalue weighted by Gasteiger charge is -2.15. The molecule has 1 aliphatic heterocycles. The lowest BCUT2D eigenvalue weighted by Crippen LogP contribution is -2.27. The van der Waals surface area contributed by atoms with Crippen LogP contribution in [0.15, 0.2) is 18.2 Å². The number of likely N-dealkylation sites (tertiary alicyclic amines) is 1. The molecule has 4 nitrogen and oxygen atoms in total. The van der Waals surface area contributed by atoms with E-state index in [4.69, 9.17) is 14.6 Å². The Labute approximate surface area is 106 Å². The molecule has 1 saturated heterocycles. The summed E-state index contributed by atoms with van der Waals surface area (Å²) in [6, 6.07) is 4.46. The van der Waals surface area contributed by atoms with E-state index in [1.54, 1.807) is 20.3 Å². The molecule has 1 N–H and O–H groups in total. The van der Waals surface area contributed by atoms with E-state index < -0.39 is 5.82 Å². The number of nitrogens with zero attached hydrogens (tertiary/aromatic N) is 1. The van der Waals surface area contributed by atoms with E-state index in [1.807, 2.05) is 0 Å². The van der Waals surface area contributed by atoms with Gasteiger partial charge in [0.15, 0.2) is 11.6 Å². The fourth-order valence-electron chi connectivity index (χ4n) is 2.31. The number of rotatable bonds is 4. The predicted octanol–water partition coefficient (Wildman–Crippen LogP) is 1.38. The van der Waals surface area contributed by atoms with Crippen molar-refractivity contribution in [3.8, 4) is 5.75 Å². The quantitative estimate of drug-likeness (QED) is 0.882. The number of phenols is 1. The number of ether oxygens (including phenoxy) is 2. The van der Waals surface area contributed by atoms with E-state index in [1.165, 1.54) is 12.1 Å². The van der Waals surface area contributed by atoms with Gasteiger partial charge >= 0.3 is 0 Å². The fraction of sp³-hybridized carbons (Fsp3) is 0.538. The molecule has 0 saturated carbocycles.